The van der Waals surface area contributed by atoms with Crippen molar-refractivity contribution in [1.29, 1.82) is 0 Å². The third kappa shape index (κ3) is 16.7. The van der Waals surface area contributed by atoms with Crippen molar-refractivity contribution in [3.05, 3.63) is 39.1 Å². The molecule has 23 nitrogen and oxygen atoms in total. The van der Waals surface area contributed by atoms with E-state index in [0.29, 0.717) is 35.7 Å². The average Bonchev–Trinajstić information content (AvgIpc) is 2.35. The highest BCUT2D eigenvalue weighted by atomic mass is 35.5. The van der Waals surface area contributed by atoms with E-state index in [9.17, 15) is 44.4 Å². The predicted octanol–water partition coefficient (Wildman–Crippen LogP) is 5.56. The Morgan fingerprint density at radius 3 is 2.18 bits per heavy atom. The summed E-state index contributed by atoms with van der Waals surface area (Å²) < 4.78 is 64.4. The third-order valence-corrected chi connectivity index (χ3v) is 17.7. The van der Waals surface area contributed by atoms with Crippen molar-refractivity contribution < 1.29 is 87.0 Å². The summed E-state index contributed by atoms with van der Waals surface area (Å²) >= 11 is 6.59. The molecule has 4 aliphatic rings. The van der Waals surface area contributed by atoms with E-state index in [0.717, 1.165) is 12.8 Å². The first-order valence-electron chi connectivity index (χ1n) is 29.6. The highest BCUT2D eigenvalue weighted by Gasteiger charge is 2.54. The number of anilines is 1. The van der Waals surface area contributed by atoms with Gasteiger partial charge in [0, 0.05) is 63.1 Å². The van der Waals surface area contributed by atoms with Gasteiger partial charge in [-0.05, 0) is 120 Å². The van der Waals surface area contributed by atoms with Crippen LogP contribution in [0.15, 0.2) is 23.1 Å². The molecule has 1 aliphatic carbocycles. The maximum absolute atomic E-state index is 14.7. The minimum Gasteiger partial charge on any atom is -0.477 e. The number of carboxylic acid groups (broad SMARTS) is 1. The molecule has 476 valence electrons. The monoisotopic (exact) mass is 1210 g/mol. The first kappa shape index (κ1) is 69.0. The van der Waals surface area contributed by atoms with E-state index in [1.54, 1.807) is 60.6 Å². The highest BCUT2D eigenvalue weighted by Crippen LogP contribution is 2.42. The second kappa shape index (κ2) is 29.3. The number of methoxy groups -OCH3 is 1. The van der Waals surface area contributed by atoms with Gasteiger partial charge in [0.2, 0.25) is 5.43 Å². The number of esters is 3. The lowest BCUT2D eigenvalue weighted by Gasteiger charge is -2.49. The molecule has 4 heterocycles. The minimum absolute atomic E-state index is 0.00223. The lowest BCUT2D eigenvalue weighted by atomic mass is 9.77. The van der Waals surface area contributed by atoms with E-state index < -0.39 is 119 Å². The molecule has 0 radical (unpaired) electrons. The molecule has 84 heavy (non-hydrogen) atoms. The summed E-state index contributed by atoms with van der Waals surface area (Å²) in [6.45, 7) is 20.0. The van der Waals surface area contributed by atoms with E-state index >= 15 is 0 Å². The zero-order valence-corrected chi connectivity index (χ0v) is 52.6. The maximum Gasteiger partial charge on any atom is 0.341 e. The lowest BCUT2D eigenvalue weighted by molar-refractivity contribution is -0.319. The number of benzene rings is 1. The van der Waals surface area contributed by atoms with E-state index in [1.807, 2.05) is 49.4 Å². The summed E-state index contributed by atoms with van der Waals surface area (Å²) in [6, 6.07) is 2.42. The van der Waals surface area contributed by atoms with Crippen molar-refractivity contribution in [3.63, 3.8) is 0 Å². The van der Waals surface area contributed by atoms with Gasteiger partial charge in [-0.1, -0.05) is 32.4 Å². The quantitative estimate of drug-likeness (QED) is 0.0581. The Labute approximate surface area is 499 Å². The van der Waals surface area contributed by atoms with Gasteiger partial charge in [0.25, 0.3) is 0 Å². The molecule has 6 rings (SSSR count). The number of aromatic nitrogens is 1. The van der Waals surface area contributed by atoms with Crippen LogP contribution in [0, 0.1) is 17.8 Å². The van der Waals surface area contributed by atoms with Crippen LogP contribution in [0.3, 0.4) is 0 Å². The van der Waals surface area contributed by atoms with Crippen molar-refractivity contribution in [1.82, 2.24) is 14.4 Å². The number of cyclic esters (lactones) is 1. The topological polar surface area (TPSA) is 282 Å². The smallest absolute Gasteiger partial charge is 0.341 e. The van der Waals surface area contributed by atoms with Crippen LogP contribution in [0.25, 0.3) is 10.9 Å². The second-order valence-corrected chi connectivity index (χ2v) is 25.2. The summed E-state index contributed by atoms with van der Waals surface area (Å²) in [5.74, 6) is -5.43. The first-order chi connectivity index (χ1) is 39.3. The summed E-state index contributed by atoms with van der Waals surface area (Å²) in [5, 5.41) is 50.1. The number of aromatic carboxylic acids is 1. The molecule has 1 aromatic carbocycles. The van der Waals surface area contributed by atoms with Gasteiger partial charge in [0.1, 0.15) is 29.0 Å². The number of ether oxygens (including phenoxy) is 10. The van der Waals surface area contributed by atoms with Gasteiger partial charge >= 0.3 is 23.9 Å². The van der Waals surface area contributed by atoms with Crippen molar-refractivity contribution in [3.8, 4) is 0 Å². The van der Waals surface area contributed by atoms with Crippen molar-refractivity contribution >= 4 is 52.1 Å². The molecule has 0 unspecified atom stereocenters. The summed E-state index contributed by atoms with van der Waals surface area (Å²) in [5.41, 5.74) is -4.61. The number of hydrogen-bond donors (Lipinski definition) is 5. The molecule has 1 aromatic heterocycles. The largest absolute Gasteiger partial charge is 0.477 e. The zero-order valence-electron chi connectivity index (χ0n) is 51.8. The van der Waals surface area contributed by atoms with Crippen LogP contribution >= 0.6 is 11.6 Å². The Balaban J connectivity index is 1.13. The van der Waals surface area contributed by atoms with E-state index in [-0.39, 0.29) is 87.2 Å². The van der Waals surface area contributed by atoms with Crippen LogP contribution in [0.1, 0.15) is 138 Å². The third-order valence-electron chi connectivity index (χ3n) is 17.4. The van der Waals surface area contributed by atoms with Crippen molar-refractivity contribution in [2.24, 2.45) is 17.8 Å². The number of rotatable bonds is 21. The average molecular weight is 1210 g/mol. The van der Waals surface area contributed by atoms with Gasteiger partial charge in [0.15, 0.2) is 24.8 Å². The Morgan fingerprint density at radius 2 is 1.57 bits per heavy atom. The number of carbonyl (C=O) groups excluding carboxylic acids is 3. The second-order valence-electron chi connectivity index (χ2n) is 24.8. The van der Waals surface area contributed by atoms with Crippen LogP contribution in [0.2, 0.25) is 5.02 Å². The first-order valence-corrected chi connectivity index (χ1v) is 30.0. The number of nitrogens with zero attached hydrogens (tertiary/aromatic N) is 3. The standard InChI is InChI=1S/C60H95ClN4O19/c1-16-46-60(11,74)52(69)36(6)64(14)30-32(2)28-58(9,73)53(84-57-51(80-38(8)66)45(63(12)13)25-33(3)78-57)34(4)50(35(5)56(72)81-46)83-48-29-59(10,75-15)54(37(7)79-48)82-47(67)19-21-76-23-24-77-22-20-62-43-26-40-44(27-42(43)61)65(39-17-18-39)31-41(49(40)68)55(70)71/h26-27,31-37,39,45-46,48,50-54,57,62,69,73-74H,16-25,28-30H2,1-15H3,(H,70,71)/t32-,33-,34+,35-,36-,37+,45+,46-,48+,50+,51-,52-,53-,54+,57+,58-,59-,60-/m1/s1. The zero-order chi connectivity index (χ0) is 62.3. The Hall–Kier alpha value is -4.08. The number of halogens is 1. The molecule has 3 aliphatic heterocycles. The highest BCUT2D eigenvalue weighted by molar-refractivity contribution is 6.34. The number of aliphatic hydroxyl groups is 3. The van der Waals surface area contributed by atoms with Gasteiger partial charge in [-0.3, -0.25) is 19.2 Å². The van der Waals surface area contributed by atoms with Crippen LogP contribution in [-0.4, -0.2) is 217 Å². The predicted molar refractivity (Wildman–Crippen MR) is 311 cm³/mol. The Bertz CT molecular complexity index is 2620. The Morgan fingerprint density at radius 1 is 0.905 bits per heavy atom. The minimum atomic E-state index is -1.89. The molecular formula is C60H95ClN4O19. The molecule has 3 saturated heterocycles. The number of hydrogen-bond acceptors (Lipinski definition) is 21. The fourth-order valence-electron chi connectivity index (χ4n) is 12.5. The summed E-state index contributed by atoms with van der Waals surface area (Å²) in [4.78, 5) is 69.6. The number of carbonyl (C=O) groups is 4. The van der Waals surface area contributed by atoms with E-state index in [4.69, 9.17) is 59.0 Å². The fraction of sp³-hybridized carbons (Fsp3) is 0.783. The molecule has 0 bridgehead atoms. The Kier molecular flexibility index (Phi) is 24.1. The summed E-state index contributed by atoms with van der Waals surface area (Å²) in [7, 11) is 7.05. The number of aliphatic hydroxyl groups excluding tert-OH is 1. The number of likely N-dealkylation sites (N-methyl/N-ethyl adjacent to an activating group) is 2. The number of nitrogens with one attached hydrogen (secondary N) is 1. The SMILES string of the molecule is CC[C@H]1OC(=O)[C@H](C)[C@@H](O[C@H]2C[C@@](C)(OC)[C@@H](OC(=O)CCOCCOCCNc3cc4c(=O)c(C(=O)O)cn(C5CC5)c4cc3Cl)[C@H](C)O2)[C@H](C)[C@@H](O[C@@H]2O[C@H](C)C[C@H](N(C)C)[C@H]2OC(C)=O)[C@](C)(O)C[C@@H](C)CN(C)[C@H](C)[C@@H](O)[C@]1(C)O. The van der Waals surface area contributed by atoms with Gasteiger partial charge in [-0.25, -0.2) is 4.79 Å². The molecule has 0 spiro atoms. The number of pyridine rings is 1. The number of carboxylic acids is 1. The lowest BCUT2D eigenvalue weighted by Crippen LogP contribution is -2.61. The van der Waals surface area contributed by atoms with Crippen LogP contribution < -0.4 is 10.7 Å². The van der Waals surface area contributed by atoms with Crippen molar-refractivity contribution in [2.45, 2.75) is 217 Å². The molecule has 18 atom stereocenters. The van der Waals surface area contributed by atoms with E-state index in [1.165, 1.54) is 27.2 Å². The molecule has 0 amide bonds. The molecule has 2 aromatic rings. The van der Waals surface area contributed by atoms with Gasteiger partial charge < -0.3 is 87.5 Å². The van der Waals surface area contributed by atoms with Gasteiger partial charge in [-0.2, -0.15) is 0 Å². The molecule has 4 fully saturated rings. The van der Waals surface area contributed by atoms with Gasteiger partial charge in [0.05, 0.1) is 91.1 Å². The molecule has 5 N–H and O–H groups in total. The number of fused-ring (bicyclic) bond motifs is 1. The molecule has 24 heteroatoms. The van der Waals surface area contributed by atoms with Gasteiger partial charge in [-0.15, -0.1) is 0 Å². The molecule has 1 saturated carbocycles. The van der Waals surface area contributed by atoms with Crippen LogP contribution in [0.4, 0.5) is 5.69 Å². The maximum atomic E-state index is 14.7. The fourth-order valence-corrected chi connectivity index (χ4v) is 12.7. The van der Waals surface area contributed by atoms with Crippen LogP contribution in [-0.2, 0) is 61.8 Å². The van der Waals surface area contributed by atoms with Crippen molar-refractivity contribution in [2.75, 3.05) is 73.1 Å². The van der Waals surface area contributed by atoms with Crippen LogP contribution in [0.5, 0.6) is 0 Å². The normalized spacial score (nSPS) is 35.9. The molecular weight excluding hydrogens is 1120 g/mol. The van der Waals surface area contributed by atoms with E-state index in [2.05, 4.69) is 5.32 Å². The summed E-state index contributed by atoms with van der Waals surface area (Å²) in [6.07, 6.45) is -6.28.